The monoisotopic (exact) mass is 473 g/mol. The highest BCUT2D eigenvalue weighted by molar-refractivity contribution is 8.01. The van der Waals surface area contributed by atoms with Gasteiger partial charge in [-0.3, -0.25) is 9.59 Å². The van der Waals surface area contributed by atoms with Gasteiger partial charge in [-0.05, 0) is 18.2 Å². The third-order valence-electron chi connectivity index (χ3n) is 4.35. The Kier molecular flexibility index (Phi) is 8.25. The van der Waals surface area contributed by atoms with Gasteiger partial charge in [-0.15, -0.1) is 10.2 Å². The highest BCUT2D eigenvalue weighted by Gasteiger charge is 2.25. The number of thioether (sulfide) groups is 1. The number of halogens is 2. The van der Waals surface area contributed by atoms with Crippen LogP contribution in [0.15, 0.2) is 22.5 Å². The average Bonchev–Trinajstić information content (AvgIpc) is 3.21. The summed E-state index contributed by atoms with van der Waals surface area (Å²) in [6.45, 7) is 3.14. The van der Waals surface area contributed by atoms with Gasteiger partial charge in [0.1, 0.15) is 5.82 Å². The van der Waals surface area contributed by atoms with Crippen LogP contribution in [0.4, 0.5) is 9.52 Å². The molecule has 162 valence electrons. The molecule has 0 radical (unpaired) electrons. The lowest BCUT2D eigenvalue weighted by molar-refractivity contribution is -0.118. The number of hydrogen-bond donors (Lipinski definition) is 1. The van der Waals surface area contributed by atoms with Crippen LogP contribution in [0.1, 0.15) is 10.4 Å². The standard InChI is InChI=1S/C18H21ClFN5O3S2/c1-28-9-4-21-15(26)11-29-18-23-22-17(30-18)25-7-5-24(6-8-25)16(27)13-3-2-12(20)10-14(13)19/h2-3,10H,4-9,11H2,1H3,(H,21,26). The van der Waals surface area contributed by atoms with Crippen LogP contribution in [-0.4, -0.2) is 79.1 Å². The molecule has 1 aliphatic rings. The van der Waals surface area contributed by atoms with E-state index in [1.165, 1.54) is 35.2 Å². The number of anilines is 1. The van der Waals surface area contributed by atoms with Crippen LogP contribution in [0.3, 0.4) is 0 Å². The van der Waals surface area contributed by atoms with Crippen molar-refractivity contribution in [2.45, 2.75) is 4.34 Å². The molecule has 8 nitrogen and oxygen atoms in total. The molecule has 0 unspecified atom stereocenters. The van der Waals surface area contributed by atoms with Crippen molar-refractivity contribution in [1.29, 1.82) is 0 Å². The van der Waals surface area contributed by atoms with Gasteiger partial charge in [0.2, 0.25) is 11.0 Å². The van der Waals surface area contributed by atoms with E-state index < -0.39 is 5.82 Å². The molecule has 2 amide bonds. The maximum absolute atomic E-state index is 13.2. The molecule has 1 saturated heterocycles. The number of nitrogens with one attached hydrogen (secondary N) is 1. The number of carbonyl (C=O) groups excluding carboxylic acids is 2. The van der Waals surface area contributed by atoms with E-state index in [4.69, 9.17) is 16.3 Å². The predicted molar refractivity (Wildman–Crippen MR) is 115 cm³/mol. The molecule has 2 aromatic rings. The molecule has 12 heteroatoms. The lowest BCUT2D eigenvalue weighted by Crippen LogP contribution is -2.48. The minimum Gasteiger partial charge on any atom is -0.383 e. The Labute approximate surface area is 186 Å². The lowest BCUT2D eigenvalue weighted by atomic mass is 10.1. The number of amides is 2. The molecule has 30 heavy (non-hydrogen) atoms. The fourth-order valence-electron chi connectivity index (χ4n) is 2.79. The molecule has 0 bridgehead atoms. The van der Waals surface area contributed by atoms with E-state index >= 15 is 0 Å². The van der Waals surface area contributed by atoms with E-state index in [9.17, 15) is 14.0 Å². The molecule has 1 aromatic heterocycles. The first-order valence-electron chi connectivity index (χ1n) is 9.19. The smallest absolute Gasteiger partial charge is 0.255 e. The Morgan fingerprint density at radius 1 is 1.30 bits per heavy atom. The second-order valence-electron chi connectivity index (χ2n) is 6.39. The first kappa shape index (κ1) is 22.7. The van der Waals surface area contributed by atoms with Crippen molar-refractivity contribution in [2.75, 3.05) is 57.1 Å². The van der Waals surface area contributed by atoms with Crippen LogP contribution in [0, 0.1) is 5.82 Å². The Balaban J connectivity index is 1.48. The fraction of sp³-hybridized carbons (Fsp3) is 0.444. The zero-order valence-corrected chi connectivity index (χ0v) is 18.7. The van der Waals surface area contributed by atoms with Gasteiger partial charge >= 0.3 is 0 Å². The largest absolute Gasteiger partial charge is 0.383 e. The van der Waals surface area contributed by atoms with E-state index in [1.54, 1.807) is 12.0 Å². The summed E-state index contributed by atoms with van der Waals surface area (Å²) < 4.78 is 18.8. The van der Waals surface area contributed by atoms with Gasteiger partial charge in [-0.25, -0.2) is 4.39 Å². The van der Waals surface area contributed by atoms with Crippen LogP contribution in [0.2, 0.25) is 5.02 Å². The number of piperazine rings is 1. The average molecular weight is 474 g/mol. The van der Waals surface area contributed by atoms with Crippen molar-refractivity contribution in [1.82, 2.24) is 20.4 Å². The Bertz CT molecular complexity index is 892. The maximum Gasteiger partial charge on any atom is 0.255 e. The third-order valence-corrected chi connectivity index (χ3v) is 6.78. The van der Waals surface area contributed by atoms with Gasteiger partial charge in [0.05, 0.1) is 22.9 Å². The molecule has 1 fully saturated rings. The zero-order valence-electron chi connectivity index (χ0n) is 16.3. The van der Waals surface area contributed by atoms with Crippen molar-refractivity contribution in [3.05, 3.63) is 34.6 Å². The number of aromatic nitrogens is 2. The van der Waals surface area contributed by atoms with E-state index in [1.807, 2.05) is 0 Å². The number of benzene rings is 1. The number of methoxy groups -OCH3 is 1. The van der Waals surface area contributed by atoms with Gasteiger partial charge in [-0.2, -0.15) is 0 Å². The topological polar surface area (TPSA) is 87.7 Å². The van der Waals surface area contributed by atoms with Crippen LogP contribution >= 0.6 is 34.7 Å². The molecule has 0 aliphatic carbocycles. The SMILES string of the molecule is COCCNC(=O)CSc1nnc(N2CCN(C(=O)c3ccc(F)cc3Cl)CC2)s1. The van der Waals surface area contributed by atoms with Crippen molar-refractivity contribution >= 4 is 51.6 Å². The Morgan fingerprint density at radius 3 is 2.77 bits per heavy atom. The molecule has 0 atom stereocenters. The molecule has 0 saturated carbocycles. The Hall–Kier alpha value is -1.95. The van der Waals surface area contributed by atoms with Crippen LogP contribution < -0.4 is 10.2 Å². The summed E-state index contributed by atoms with van der Waals surface area (Å²) in [5.41, 5.74) is 0.296. The van der Waals surface area contributed by atoms with Crippen molar-refractivity contribution in [2.24, 2.45) is 0 Å². The number of rotatable bonds is 8. The second-order valence-corrected chi connectivity index (χ2v) is 8.97. The number of nitrogens with zero attached hydrogens (tertiary/aromatic N) is 4. The van der Waals surface area contributed by atoms with Gasteiger partial charge < -0.3 is 19.9 Å². The summed E-state index contributed by atoms with van der Waals surface area (Å²) in [5.74, 6) is -0.509. The second kappa shape index (κ2) is 10.9. The summed E-state index contributed by atoms with van der Waals surface area (Å²) in [6.07, 6.45) is 0. The van der Waals surface area contributed by atoms with Crippen molar-refractivity contribution in [3.8, 4) is 0 Å². The summed E-state index contributed by atoms with van der Waals surface area (Å²) in [4.78, 5) is 28.1. The van der Waals surface area contributed by atoms with E-state index in [0.29, 0.717) is 49.2 Å². The van der Waals surface area contributed by atoms with Crippen LogP contribution in [0.5, 0.6) is 0 Å². The van der Waals surface area contributed by atoms with Gasteiger partial charge in [-0.1, -0.05) is 34.7 Å². The van der Waals surface area contributed by atoms with E-state index in [2.05, 4.69) is 20.4 Å². The fourth-order valence-corrected chi connectivity index (χ4v) is 4.76. The highest BCUT2D eigenvalue weighted by atomic mass is 35.5. The molecular formula is C18H21ClFN5O3S2. The summed E-state index contributed by atoms with van der Waals surface area (Å²) >= 11 is 8.75. The normalized spacial score (nSPS) is 14.1. The first-order valence-corrected chi connectivity index (χ1v) is 11.4. The van der Waals surface area contributed by atoms with Gasteiger partial charge in [0, 0.05) is 39.8 Å². The predicted octanol–water partition coefficient (Wildman–Crippen LogP) is 2.15. The van der Waals surface area contributed by atoms with E-state index in [0.717, 1.165) is 11.2 Å². The summed E-state index contributed by atoms with van der Waals surface area (Å²) in [6, 6.07) is 3.78. The zero-order chi connectivity index (χ0) is 21.5. The number of carbonyl (C=O) groups is 2. The molecular weight excluding hydrogens is 453 g/mol. The van der Waals surface area contributed by atoms with E-state index in [-0.39, 0.29) is 22.6 Å². The number of hydrogen-bond acceptors (Lipinski definition) is 8. The summed E-state index contributed by atoms with van der Waals surface area (Å²) in [7, 11) is 1.58. The quantitative estimate of drug-likeness (QED) is 0.464. The van der Waals surface area contributed by atoms with Gasteiger partial charge in [0.15, 0.2) is 4.34 Å². The van der Waals surface area contributed by atoms with Crippen molar-refractivity contribution < 1.29 is 18.7 Å². The van der Waals surface area contributed by atoms with Crippen LogP contribution in [0.25, 0.3) is 0 Å². The minimum absolute atomic E-state index is 0.0830. The molecule has 1 aliphatic heterocycles. The minimum atomic E-state index is -0.473. The third kappa shape index (κ3) is 6.03. The maximum atomic E-state index is 13.2. The van der Waals surface area contributed by atoms with Crippen molar-refractivity contribution in [3.63, 3.8) is 0 Å². The van der Waals surface area contributed by atoms with Gasteiger partial charge in [0.25, 0.3) is 5.91 Å². The first-order chi connectivity index (χ1) is 14.5. The molecule has 1 N–H and O–H groups in total. The lowest BCUT2D eigenvalue weighted by Gasteiger charge is -2.34. The molecule has 1 aromatic carbocycles. The molecule has 2 heterocycles. The Morgan fingerprint density at radius 2 is 2.07 bits per heavy atom. The highest BCUT2D eigenvalue weighted by Crippen LogP contribution is 2.29. The van der Waals surface area contributed by atoms with Crippen LogP contribution in [-0.2, 0) is 9.53 Å². The number of ether oxygens (including phenoxy) is 1. The molecule has 0 spiro atoms. The summed E-state index contributed by atoms with van der Waals surface area (Å²) in [5, 5.41) is 12.0. The molecule has 3 rings (SSSR count).